The number of amides is 1. The van der Waals surface area contributed by atoms with Crippen molar-refractivity contribution in [3.8, 4) is 0 Å². The van der Waals surface area contributed by atoms with Crippen molar-refractivity contribution in [2.45, 2.75) is 12.6 Å². The van der Waals surface area contributed by atoms with Gasteiger partial charge in [-0.3, -0.25) is 4.79 Å². The molecule has 0 aliphatic rings. The molecule has 0 aliphatic carbocycles. The van der Waals surface area contributed by atoms with Gasteiger partial charge in [0, 0.05) is 6.08 Å². The van der Waals surface area contributed by atoms with E-state index in [1.165, 1.54) is 0 Å². The van der Waals surface area contributed by atoms with Crippen molar-refractivity contribution >= 4 is 12.0 Å². The first-order chi connectivity index (χ1) is 11.8. The first-order valence-corrected chi connectivity index (χ1v) is 7.74. The summed E-state index contributed by atoms with van der Waals surface area (Å²) < 4.78 is 0. The van der Waals surface area contributed by atoms with Gasteiger partial charge < -0.3 is 5.32 Å². The molecule has 1 aromatic heterocycles. The molecule has 0 saturated heterocycles. The normalized spacial score (nSPS) is 12.2. The number of carbonyl (C=O) groups is 1. The molecule has 0 aliphatic heterocycles. The van der Waals surface area contributed by atoms with Crippen LogP contribution in [0.1, 0.15) is 17.2 Å². The van der Waals surface area contributed by atoms with Gasteiger partial charge in [0.15, 0.2) is 0 Å². The van der Waals surface area contributed by atoms with Gasteiger partial charge >= 0.3 is 0 Å². The van der Waals surface area contributed by atoms with E-state index in [0.717, 1.165) is 11.1 Å². The highest BCUT2D eigenvalue weighted by Crippen LogP contribution is 2.14. The van der Waals surface area contributed by atoms with E-state index in [4.69, 9.17) is 0 Å². The van der Waals surface area contributed by atoms with Crippen LogP contribution in [0.25, 0.3) is 6.08 Å². The zero-order chi connectivity index (χ0) is 16.6. The summed E-state index contributed by atoms with van der Waals surface area (Å²) in [7, 11) is 0. The lowest BCUT2D eigenvalue weighted by Gasteiger charge is -2.17. The Bertz CT molecular complexity index is 783. The minimum absolute atomic E-state index is 0.153. The molecule has 1 amide bonds. The topological polar surface area (TPSA) is 59.8 Å². The first kappa shape index (κ1) is 15.7. The predicted molar refractivity (Wildman–Crippen MR) is 92.8 cm³/mol. The highest BCUT2D eigenvalue weighted by molar-refractivity contribution is 5.91. The smallest absolute Gasteiger partial charge is 0.244 e. The van der Waals surface area contributed by atoms with Crippen LogP contribution >= 0.6 is 0 Å². The predicted octanol–water partition coefficient (Wildman–Crippen LogP) is 2.85. The van der Waals surface area contributed by atoms with Crippen molar-refractivity contribution in [3.63, 3.8) is 0 Å². The van der Waals surface area contributed by atoms with Gasteiger partial charge in [0.2, 0.25) is 5.91 Å². The minimum atomic E-state index is -0.202. The number of hydrogen-bond acceptors (Lipinski definition) is 3. The molecule has 0 spiro atoms. The molecule has 0 saturated carbocycles. The third-order valence-corrected chi connectivity index (χ3v) is 3.56. The molecule has 3 rings (SSSR count). The molecule has 1 N–H and O–H groups in total. The van der Waals surface area contributed by atoms with E-state index in [1.807, 2.05) is 60.7 Å². The average Bonchev–Trinajstić information content (AvgIpc) is 3.14. The Morgan fingerprint density at radius 2 is 1.62 bits per heavy atom. The molecule has 5 nitrogen and oxygen atoms in total. The maximum atomic E-state index is 12.3. The lowest BCUT2D eigenvalue weighted by Crippen LogP contribution is -2.30. The molecule has 5 heteroatoms. The average molecular weight is 318 g/mol. The van der Waals surface area contributed by atoms with Gasteiger partial charge in [-0.05, 0) is 17.2 Å². The van der Waals surface area contributed by atoms with E-state index < -0.39 is 0 Å². The van der Waals surface area contributed by atoms with Crippen LogP contribution < -0.4 is 5.32 Å². The maximum absolute atomic E-state index is 12.3. The van der Waals surface area contributed by atoms with Crippen molar-refractivity contribution in [2.24, 2.45) is 0 Å². The van der Waals surface area contributed by atoms with E-state index in [0.29, 0.717) is 6.54 Å². The van der Waals surface area contributed by atoms with Gasteiger partial charge in [-0.25, -0.2) is 0 Å². The van der Waals surface area contributed by atoms with Crippen LogP contribution in [0.2, 0.25) is 0 Å². The maximum Gasteiger partial charge on any atom is 0.244 e. The van der Waals surface area contributed by atoms with Gasteiger partial charge in [0.05, 0.1) is 25.0 Å². The van der Waals surface area contributed by atoms with Crippen LogP contribution in [0.5, 0.6) is 0 Å². The van der Waals surface area contributed by atoms with E-state index >= 15 is 0 Å². The highest BCUT2D eigenvalue weighted by Gasteiger charge is 2.14. The van der Waals surface area contributed by atoms with Crippen LogP contribution in [-0.2, 0) is 11.3 Å². The molecule has 2 aromatic carbocycles. The molecule has 0 bridgehead atoms. The first-order valence-electron chi connectivity index (χ1n) is 7.74. The second-order valence-corrected chi connectivity index (χ2v) is 5.30. The molecule has 24 heavy (non-hydrogen) atoms. The molecule has 0 fully saturated rings. The van der Waals surface area contributed by atoms with Gasteiger partial charge in [-0.2, -0.15) is 15.0 Å². The summed E-state index contributed by atoms with van der Waals surface area (Å²) in [6, 6.07) is 19.3. The largest absolute Gasteiger partial charge is 0.344 e. The number of benzene rings is 2. The number of rotatable bonds is 6. The number of nitrogens with zero attached hydrogens (tertiary/aromatic N) is 3. The van der Waals surface area contributed by atoms with Crippen LogP contribution in [0.4, 0.5) is 0 Å². The summed E-state index contributed by atoms with van der Waals surface area (Å²) in [5.74, 6) is -0.153. The van der Waals surface area contributed by atoms with E-state index in [2.05, 4.69) is 15.5 Å². The second kappa shape index (κ2) is 7.87. The van der Waals surface area contributed by atoms with Gasteiger partial charge in [-0.1, -0.05) is 60.7 Å². The van der Waals surface area contributed by atoms with Crippen LogP contribution in [-0.4, -0.2) is 20.9 Å². The van der Waals surface area contributed by atoms with Gasteiger partial charge in [0.25, 0.3) is 0 Å². The summed E-state index contributed by atoms with van der Waals surface area (Å²) in [6.45, 7) is 0.474. The molecular weight excluding hydrogens is 300 g/mol. The zero-order valence-electron chi connectivity index (χ0n) is 13.1. The summed E-state index contributed by atoms with van der Waals surface area (Å²) >= 11 is 0. The molecule has 3 aromatic rings. The summed E-state index contributed by atoms with van der Waals surface area (Å²) in [5.41, 5.74) is 1.99. The van der Waals surface area contributed by atoms with Crippen LogP contribution in [0.3, 0.4) is 0 Å². The molecule has 0 radical (unpaired) electrons. The summed E-state index contributed by atoms with van der Waals surface area (Å²) in [4.78, 5) is 13.8. The standard InChI is InChI=1S/C19H18N4O/c24-19(12-11-16-7-3-1-4-8-16)22-18(15-23-20-13-14-21-23)17-9-5-2-6-10-17/h1-14,18H,15H2,(H,22,24)/b12-11+/t18-/m0/s1. The van der Waals surface area contributed by atoms with Crippen molar-refractivity contribution in [3.05, 3.63) is 90.3 Å². The van der Waals surface area contributed by atoms with Crippen LogP contribution in [0, 0.1) is 0 Å². The van der Waals surface area contributed by atoms with Crippen LogP contribution in [0.15, 0.2) is 79.1 Å². The lowest BCUT2D eigenvalue weighted by atomic mass is 10.1. The molecule has 1 atom stereocenters. The SMILES string of the molecule is O=C(/C=C/c1ccccc1)N[C@@H](Cn1nccn1)c1ccccc1. The fourth-order valence-electron chi connectivity index (χ4n) is 2.38. The Morgan fingerprint density at radius 1 is 1.00 bits per heavy atom. The molecule has 0 unspecified atom stereocenters. The third kappa shape index (κ3) is 4.39. The number of aromatic nitrogens is 3. The number of carbonyl (C=O) groups excluding carboxylic acids is 1. The fraction of sp³-hybridized carbons (Fsp3) is 0.105. The van der Waals surface area contributed by atoms with E-state index in [-0.39, 0.29) is 11.9 Å². The molecular formula is C19H18N4O. The Morgan fingerprint density at radius 3 is 2.29 bits per heavy atom. The Labute approximate surface area is 140 Å². The summed E-state index contributed by atoms with van der Waals surface area (Å²) in [6.07, 6.45) is 6.59. The minimum Gasteiger partial charge on any atom is -0.344 e. The fourth-order valence-corrected chi connectivity index (χ4v) is 2.38. The second-order valence-electron chi connectivity index (χ2n) is 5.30. The Hall–Kier alpha value is -3.21. The van der Waals surface area contributed by atoms with Crippen molar-refractivity contribution in [1.82, 2.24) is 20.3 Å². The van der Waals surface area contributed by atoms with Crippen molar-refractivity contribution < 1.29 is 4.79 Å². The lowest BCUT2D eigenvalue weighted by molar-refractivity contribution is -0.117. The number of nitrogens with one attached hydrogen (secondary N) is 1. The zero-order valence-corrected chi connectivity index (χ0v) is 13.1. The van der Waals surface area contributed by atoms with Crippen molar-refractivity contribution in [1.29, 1.82) is 0 Å². The van der Waals surface area contributed by atoms with E-state index in [9.17, 15) is 4.79 Å². The van der Waals surface area contributed by atoms with Crippen molar-refractivity contribution in [2.75, 3.05) is 0 Å². The quantitative estimate of drug-likeness (QED) is 0.711. The van der Waals surface area contributed by atoms with Gasteiger partial charge in [0.1, 0.15) is 0 Å². The van der Waals surface area contributed by atoms with E-state index in [1.54, 1.807) is 29.3 Å². The summed E-state index contributed by atoms with van der Waals surface area (Å²) in [5, 5.41) is 11.3. The van der Waals surface area contributed by atoms with Gasteiger partial charge in [-0.15, -0.1) is 0 Å². The molecule has 1 heterocycles. The Balaban J connectivity index is 1.71. The highest BCUT2D eigenvalue weighted by atomic mass is 16.1. The third-order valence-electron chi connectivity index (χ3n) is 3.56. The monoisotopic (exact) mass is 318 g/mol. The molecule has 120 valence electrons. The Kier molecular flexibility index (Phi) is 5.14. The number of hydrogen-bond donors (Lipinski definition) is 1.